The fraction of sp³-hybridized carbons (Fsp3) is 0.900. The summed E-state index contributed by atoms with van der Waals surface area (Å²) in [5.74, 6) is 0. The molecule has 0 aliphatic carbocycles. The van der Waals surface area contributed by atoms with Crippen LogP contribution in [0.4, 0.5) is 4.79 Å². The molecule has 1 aliphatic heterocycles. The lowest BCUT2D eigenvalue weighted by atomic mass is 10.1. The van der Waals surface area contributed by atoms with Crippen molar-refractivity contribution in [2.24, 2.45) is 0 Å². The Kier molecular flexibility index (Phi) is 2.76. The molecule has 0 aromatic heterocycles. The molecule has 1 N–H and O–H groups in total. The summed E-state index contributed by atoms with van der Waals surface area (Å²) < 4.78 is 5.19. The maximum absolute atomic E-state index is 11.5. The zero-order valence-electron chi connectivity index (χ0n) is 9.33. The van der Waals surface area contributed by atoms with Gasteiger partial charge in [0.05, 0.1) is 12.1 Å². The van der Waals surface area contributed by atoms with Crippen molar-refractivity contribution in [3.8, 4) is 0 Å². The highest BCUT2D eigenvalue weighted by Gasteiger charge is 2.35. The van der Waals surface area contributed by atoms with Crippen LogP contribution in [-0.2, 0) is 4.74 Å². The molecule has 0 unspecified atom stereocenters. The van der Waals surface area contributed by atoms with Crippen molar-refractivity contribution < 1.29 is 14.6 Å². The van der Waals surface area contributed by atoms with Gasteiger partial charge < -0.3 is 14.7 Å². The normalized spacial score (nSPS) is 27.9. The zero-order chi connectivity index (χ0) is 11.0. The number of rotatable bonds is 0. The molecule has 1 aliphatic rings. The minimum absolute atomic E-state index is 0.338. The zero-order valence-corrected chi connectivity index (χ0v) is 9.33. The Balaban J connectivity index is 2.48. The smallest absolute Gasteiger partial charge is 0.410 e. The number of carbonyl (C=O) groups is 1. The number of β-amino-alcohol motifs (C(OH)–C–C–N with tert-alkyl or cyclic N) is 1. The van der Waals surface area contributed by atoms with Crippen LogP contribution in [0.15, 0.2) is 0 Å². The molecular formula is C10H19NO3. The van der Waals surface area contributed by atoms with Crippen LogP contribution >= 0.6 is 0 Å². The van der Waals surface area contributed by atoms with Crippen LogP contribution in [0.5, 0.6) is 0 Å². The van der Waals surface area contributed by atoms with Gasteiger partial charge in [-0.3, -0.25) is 0 Å². The summed E-state index contributed by atoms with van der Waals surface area (Å²) in [6, 6.07) is 0. The van der Waals surface area contributed by atoms with Crippen molar-refractivity contribution in [2.45, 2.75) is 45.3 Å². The molecule has 0 aromatic carbocycles. The number of nitrogens with zero attached hydrogens (tertiary/aromatic N) is 1. The molecule has 1 heterocycles. The second-order valence-electron chi connectivity index (χ2n) is 5.15. The standard InChI is InChI=1S/C10H19NO3/c1-9(2,3)14-8(12)11-6-5-10(4,13)7-11/h13H,5-7H2,1-4H3/t10-/m0/s1. The first-order valence-electron chi connectivity index (χ1n) is 4.90. The fourth-order valence-electron chi connectivity index (χ4n) is 1.43. The van der Waals surface area contributed by atoms with Crippen molar-refractivity contribution in [1.82, 2.24) is 4.90 Å². The van der Waals surface area contributed by atoms with Crippen LogP contribution in [0.25, 0.3) is 0 Å². The van der Waals surface area contributed by atoms with E-state index in [1.165, 1.54) is 0 Å². The molecule has 4 heteroatoms. The van der Waals surface area contributed by atoms with Crippen LogP contribution in [0.3, 0.4) is 0 Å². The quantitative estimate of drug-likeness (QED) is 0.644. The largest absolute Gasteiger partial charge is 0.444 e. The third-order valence-electron chi connectivity index (χ3n) is 2.10. The van der Waals surface area contributed by atoms with Crippen molar-refractivity contribution in [2.75, 3.05) is 13.1 Å². The molecule has 1 fully saturated rings. The van der Waals surface area contributed by atoms with Crippen molar-refractivity contribution >= 4 is 6.09 Å². The summed E-state index contributed by atoms with van der Waals surface area (Å²) in [6.45, 7) is 8.17. The Morgan fingerprint density at radius 3 is 2.43 bits per heavy atom. The summed E-state index contributed by atoms with van der Waals surface area (Å²) in [7, 11) is 0. The average Bonchev–Trinajstić information content (AvgIpc) is 2.26. The maximum atomic E-state index is 11.5. The Morgan fingerprint density at radius 1 is 1.50 bits per heavy atom. The number of hydrogen-bond donors (Lipinski definition) is 1. The van der Waals surface area contributed by atoms with Crippen LogP contribution in [0, 0.1) is 0 Å². The third-order valence-corrected chi connectivity index (χ3v) is 2.10. The summed E-state index contributed by atoms with van der Waals surface area (Å²) in [4.78, 5) is 13.1. The highest BCUT2D eigenvalue weighted by Crippen LogP contribution is 2.22. The van der Waals surface area contributed by atoms with E-state index in [2.05, 4.69) is 0 Å². The van der Waals surface area contributed by atoms with Gasteiger partial charge in [0, 0.05) is 6.54 Å². The van der Waals surface area contributed by atoms with E-state index in [-0.39, 0.29) is 6.09 Å². The molecule has 4 nitrogen and oxygen atoms in total. The van der Waals surface area contributed by atoms with E-state index in [0.717, 1.165) is 0 Å². The summed E-state index contributed by atoms with van der Waals surface area (Å²) >= 11 is 0. The molecule has 1 saturated heterocycles. The van der Waals surface area contributed by atoms with Gasteiger partial charge in [0.25, 0.3) is 0 Å². The highest BCUT2D eigenvalue weighted by molar-refractivity contribution is 5.68. The summed E-state index contributed by atoms with van der Waals surface area (Å²) in [6.07, 6.45) is 0.280. The van der Waals surface area contributed by atoms with Crippen LogP contribution < -0.4 is 0 Å². The summed E-state index contributed by atoms with van der Waals surface area (Å²) in [5, 5.41) is 9.66. The average molecular weight is 201 g/mol. The van der Waals surface area contributed by atoms with Gasteiger partial charge in [-0.05, 0) is 34.1 Å². The Bertz CT molecular complexity index is 230. The minimum atomic E-state index is -0.753. The molecule has 82 valence electrons. The molecule has 14 heavy (non-hydrogen) atoms. The van der Waals surface area contributed by atoms with Gasteiger partial charge in [-0.1, -0.05) is 0 Å². The lowest BCUT2D eigenvalue weighted by molar-refractivity contribution is 0.0194. The lowest BCUT2D eigenvalue weighted by Gasteiger charge is -2.25. The van der Waals surface area contributed by atoms with Gasteiger partial charge in [0.1, 0.15) is 5.60 Å². The molecule has 0 bridgehead atoms. The van der Waals surface area contributed by atoms with E-state index < -0.39 is 11.2 Å². The third kappa shape index (κ3) is 3.18. The van der Waals surface area contributed by atoms with E-state index in [1.807, 2.05) is 20.8 Å². The Hall–Kier alpha value is -0.770. The summed E-state index contributed by atoms with van der Waals surface area (Å²) in [5.41, 5.74) is -1.22. The topological polar surface area (TPSA) is 49.8 Å². The van der Waals surface area contributed by atoms with E-state index >= 15 is 0 Å². The number of aliphatic hydroxyl groups is 1. The van der Waals surface area contributed by atoms with Gasteiger partial charge in [-0.2, -0.15) is 0 Å². The molecule has 0 aromatic rings. The number of amides is 1. The first-order chi connectivity index (χ1) is 6.20. The van der Waals surface area contributed by atoms with E-state index in [1.54, 1.807) is 11.8 Å². The Morgan fingerprint density at radius 2 is 2.07 bits per heavy atom. The second-order valence-corrected chi connectivity index (χ2v) is 5.15. The highest BCUT2D eigenvalue weighted by atomic mass is 16.6. The van der Waals surface area contributed by atoms with Gasteiger partial charge in [0.15, 0.2) is 0 Å². The molecule has 1 amide bonds. The van der Waals surface area contributed by atoms with Gasteiger partial charge in [-0.25, -0.2) is 4.79 Å². The van der Waals surface area contributed by atoms with Crippen molar-refractivity contribution in [1.29, 1.82) is 0 Å². The van der Waals surface area contributed by atoms with Crippen LogP contribution in [-0.4, -0.2) is 40.4 Å². The molecule has 0 saturated carbocycles. The van der Waals surface area contributed by atoms with Crippen LogP contribution in [0.1, 0.15) is 34.1 Å². The number of likely N-dealkylation sites (tertiary alicyclic amines) is 1. The molecule has 1 atom stereocenters. The van der Waals surface area contributed by atoms with E-state index in [9.17, 15) is 9.90 Å². The second kappa shape index (κ2) is 3.42. The fourth-order valence-corrected chi connectivity index (χ4v) is 1.43. The lowest BCUT2D eigenvalue weighted by Crippen LogP contribution is -2.37. The Labute approximate surface area is 84.8 Å². The molecule has 0 spiro atoms. The first-order valence-corrected chi connectivity index (χ1v) is 4.90. The van der Waals surface area contributed by atoms with Crippen molar-refractivity contribution in [3.63, 3.8) is 0 Å². The van der Waals surface area contributed by atoms with Gasteiger partial charge >= 0.3 is 6.09 Å². The van der Waals surface area contributed by atoms with Gasteiger partial charge in [-0.15, -0.1) is 0 Å². The van der Waals surface area contributed by atoms with E-state index in [4.69, 9.17) is 4.74 Å². The van der Waals surface area contributed by atoms with Crippen molar-refractivity contribution in [3.05, 3.63) is 0 Å². The first kappa shape index (κ1) is 11.3. The van der Waals surface area contributed by atoms with Gasteiger partial charge in [0.2, 0.25) is 0 Å². The van der Waals surface area contributed by atoms with Crippen LogP contribution in [0.2, 0.25) is 0 Å². The molecular weight excluding hydrogens is 182 g/mol. The monoisotopic (exact) mass is 201 g/mol. The predicted molar refractivity (Wildman–Crippen MR) is 53.0 cm³/mol. The minimum Gasteiger partial charge on any atom is -0.444 e. The number of ether oxygens (including phenoxy) is 1. The maximum Gasteiger partial charge on any atom is 0.410 e. The SMILES string of the molecule is CC(C)(C)OC(=O)N1CC[C@](C)(O)C1. The number of hydrogen-bond acceptors (Lipinski definition) is 3. The predicted octanol–water partition coefficient (Wildman–Crippen LogP) is 1.38. The molecule has 1 rings (SSSR count). The van der Waals surface area contributed by atoms with E-state index in [0.29, 0.717) is 19.5 Å². The molecule has 0 radical (unpaired) electrons. The number of carbonyl (C=O) groups excluding carboxylic acids is 1.